The molecule has 1 aromatic heterocycles. The third-order valence-electron chi connectivity index (χ3n) is 4.76. The average molecular weight is 293 g/mol. The molecule has 0 aliphatic carbocycles. The largest absolute Gasteiger partial charge is 0.363 e. The molecule has 1 aromatic rings. The van der Waals surface area contributed by atoms with Crippen LogP contribution in [0.25, 0.3) is 0 Å². The van der Waals surface area contributed by atoms with Crippen molar-refractivity contribution in [3.8, 4) is 0 Å². The second-order valence-electron chi connectivity index (χ2n) is 5.70. The van der Waals surface area contributed by atoms with Gasteiger partial charge in [-0.25, -0.2) is 0 Å². The quantitative estimate of drug-likeness (QED) is 0.755. The van der Waals surface area contributed by atoms with Gasteiger partial charge in [-0.2, -0.15) is 0 Å². The summed E-state index contributed by atoms with van der Waals surface area (Å²) in [6.45, 7) is 3.31. The van der Waals surface area contributed by atoms with Crippen LogP contribution in [-0.4, -0.2) is 65.2 Å². The van der Waals surface area contributed by atoms with Gasteiger partial charge in [0.25, 0.3) is 5.91 Å². The Kier molecular flexibility index (Phi) is 3.44. The van der Waals surface area contributed by atoms with Gasteiger partial charge >= 0.3 is 0 Å². The van der Waals surface area contributed by atoms with E-state index in [1.165, 1.54) is 6.20 Å². The number of carbonyl (C=O) groups excluding carboxylic acids is 2. The van der Waals surface area contributed by atoms with Crippen LogP contribution in [0.15, 0.2) is 16.8 Å². The summed E-state index contributed by atoms with van der Waals surface area (Å²) in [5, 5.41) is 3.56. The van der Waals surface area contributed by atoms with E-state index in [2.05, 4.69) is 5.16 Å². The zero-order valence-electron chi connectivity index (χ0n) is 12.2. The third-order valence-corrected chi connectivity index (χ3v) is 4.76. The highest BCUT2D eigenvalue weighted by Crippen LogP contribution is 2.35. The standard InChI is InChI=1S/C14H19N3O4/c1-10-14(20-9-12(18)16(10)2)4-7-17(8-5-14)13(19)11-3-6-15-21-11/h3,6,10H,4-5,7-9H2,1-2H3/t10-/m0/s1. The number of carbonyl (C=O) groups is 2. The van der Waals surface area contributed by atoms with Gasteiger partial charge in [-0.3, -0.25) is 9.59 Å². The predicted octanol–water partition coefficient (Wildman–Crippen LogP) is 0.526. The average Bonchev–Trinajstić information content (AvgIpc) is 3.04. The molecule has 2 amide bonds. The van der Waals surface area contributed by atoms with Gasteiger partial charge in [0.2, 0.25) is 11.7 Å². The van der Waals surface area contributed by atoms with E-state index >= 15 is 0 Å². The summed E-state index contributed by atoms with van der Waals surface area (Å²) < 4.78 is 10.8. The number of likely N-dealkylation sites (N-methyl/N-ethyl adjacent to an activating group) is 1. The maximum Gasteiger partial charge on any atom is 0.292 e. The number of morpholine rings is 1. The molecule has 7 nitrogen and oxygen atoms in total. The van der Waals surface area contributed by atoms with E-state index in [9.17, 15) is 9.59 Å². The van der Waals surface area contributed by atoms with Gasteiger partial charge < -0.3 is 19.1 Å². The van der Waals surface area contributed by atoms with Gasteiger partial charge in [0, 0.05) is 26.2 Å². The third kappa shape index (κ3) is 2.31. The molecule has 1 atom stereocenters. The lowest BCUT2D eigenvalue weighted by Crippen LogP contribution is -2.63. The van der Waals surface area contributed by atoms with Gasteiger partial charge in [0.1, 0.15) is 6.61 Å². The molecule has 21 heavy (non-hydrogen) atoms. The smallest absolute Gasteiger partial charge is 0.292 e. The number of rotatable bonds is 1. The summed E-state index contributed by atoms with van der Waals surface area (Å²) in [5.41, 5.74) is -0.346. The molecule has 0 aromatic carbocycles. The van der Waals surface area contributed by atoms with Crippen molar-refractivity contribution < 1.29 is 18.8 Å². The van der Waals surface area contributed by atoms with Crippen LogP contribution in [0.3, 0.4) is 0 Å². The second-order valence-corrected chi connectivity index (χ2v) is 5.70. The molecule has 0 unspecified atom stereocenters. The minimum absolute atomic E-state index is 0.00768. The predicted molar refractivity (Wildman–Crippen MR) is 72.6 cm³/mol. The first-order valence-electron chi connectivity index (χ1n) is 7.13. The Balaban J connectivity index is 1.67. The molecule has 3 heterocycles. The highest BCUT2D eigenvalue weighted by atomic mass is 16.5. The van der Waals surface area contributed by atoms with Gasteiger partial charge in [0.15, 0.2) is 0 Å². The van der Waals surface area contributed by atoms with E-state index in [-0.39, 0.29) is 35.8 Å². The van der Waals surface area contributed by atoms with Crippen LogP contribution in [-0.2, 0) is 9.53 Å². The summed E-state index contributed by atoms with van der Waals surface area (Å²) in [6.07, 6.45) is 2.89. The minimum Gasteiger partial charge on any atom is -0.363 e. The molecule has 7 heteroatoms. The Morgan fingerprint density at radius 3 is 2.76 bits per heavy atom. The van der Waals surface area contributed by atoms with Crippen LogP contribution in [0.1, 0.15) is 30.3 Å². The molecule has 2 aliphatic heterocycles. The monoisotopic (exact) mass is 293 g/mol. The van der Waals surface area contributed by atoms with E-state index in [0.717, 1.165) is 0 Å². The minimum atomic E-state index is -0.346. The molecule has 2 fully saturated rings. The fourth-order valence-corrected chi connectivity index (χ4v) is 3.13. The molecule has 2 saturated heterocycles. The van der Waals surface area contributed by atoms with Crippen molar-refractivity contribution in [1.29, 1.82) is 0 Å². The van der Waals surface area contributed by atoms with Crippen LogP contribution in [0.5, 0.6) is 0 Å². The Morgan fingerprint density at radius 1 is 1.43 bits per heavy atom. The number of amides is 2. The lowest BCUT2D eigenvalue weighted by atomic mass is 9.83. The molecular formula is C14H19N3O4. The normalized spacial score (nSPS) is 25.4. The Labute approximate surface area is 122 Å². The molecule has 1 spiro atoms. The van der Waals surface area contributed by atoms with Crippen LogP contribution < -0.4 is 0 Å². The van der Waals surface area contributed by atoms with Gasteiger partial charge in [-0.15, -0.1) is 0 Å². The van der Waals surface area contributed by atoms with E-state index in [0.29, 0.717) is 25.9 Å². The van der Waals surface area contributed by atoms with Crippen molar-refractivity contribution >= 4 is 11.8 Å². The SMILES string of the molecule is C[C@@H]1N(C)C(=O)COC12CCN(C(=O)c1ccno1)CC2. The lowest BCUT2D eigenvalue weighted by Gasteiger charge is -2.50. The summed E-state index contributed by atoms with van der Waals surface area (Å²) in [5.74, 6) is 0.124. The molecular weight excluding hydrogens is 274 g/mol. The van der Waals surface area contributed by atoms with Gasteiger partial charge in [0.05, 0.1) is 17.8 Å². The fourth-order valence-electron chi connectivity index (χ4n) is 3.13. The maximum absolute atomic E-state index is 12.2. The number of ether oxygens (including phenoxy) is 1. The van der Waals surface area contributed by atoms with E-state index < -0.39 is 0 Å². The fraction of sp³-hybridized carbons (Fsp3) is 0.643. The number of nitrogens with zero attached hydrogens (tertiary/aromatic N) is 3. The van der Waals surface area contributed by atoms with Crippen molar-refractivity contribution in [2.45, 2.75) is 31.4 Å². The molecule has 0 saturated carbocycles. The first-order valence-corrected chi connectivity index (χ1v) is 7.13. The molecule has 0 bridgehead atoms. The zero-order valence-corrected chi connectivity index (χ0v) is 12.2. The topological polar surface area (TPSA) is 75.9 Å². The Morgan fingerprint density at radius 2 is 2.14 bits per heavy atom. The summed E-state index contributed by atoms with van der Waals surface area (Å²) in [6, 6.07) is 1.58. The van der Waals surface area contributed by atoms with Crippen LogP contribution in [0.4, 0.5) is 0 Å². The van der Waals surface area contributed by atoms with Crippen molar-refractivity contribution in [1.82, 2.24) is 15.0 Å². The summed E-state index contributed by atoms with van der Waals surface area (Å²) in [7, 11) is 1.81. The maximum atomic E-state index is 12.2. The number of hydrogen-bond acceptors (Lipinski definition) is 5. The van der Waals surface area contributed by atoms with Crippen molar-refractivity contribution in [2.75, 3.05) is 26.7 Å². The van der Waals surface area contributed by atoms with Gasteiger partial charge in [-0.05, 0) is 19.8 Å². The highest BCUT2D eigenvalue weighted by Gasteiger charge is 2.47. The van der Waals surface area contributed by atoms with E-state index in [1.807, 2.05) is 14.0 Å². The number of likely N-dealkylation sites (tertiary alicyclic amines) is 1. The Hall–Kier alpha value is -1.89. The lowest BCUT2D eigenvalue weighted by molar-refractivity contribution is -0.181. The molecule has 114 valence electrons. The summed E-state index contributed by atoms with van der Waals surface area (Å²) >= 11 is 0. The molecule has 0 N–H and O–H groups in total. The van der Waals surface area contributed by atoms with Crippen LogP contribution in [0.2, 0.25) is 0 Å². The highest BCUT2D eigenvalue weighted by molar-refractivity contribution is 5.91. The Bertz CT molecular complexity index is 534. The zero-order chi connectivity index (χ0) is 15.0. The van der Waals surface area contributed by atoms with E-state index in [4.69, 9.17) is 9.26 Å². The van der Waals surface area contributed by atoms with Gasteiger partial charge in [-0.1, -0.05) is 5.16 Å². The van der Waals surface area contributed by atoms with Crippen LogP contribution >= 0.6 is 0 Å². The molecule has 3 rings (SSSR count). The first kappa shape index (κ1) is 14.1. The summed E-state index contributed by atoms with van der Waals surface area (Å²) in [4.78, 5) is 27.4. The number of piperidine rings is 1. The first-order chi connectivity index (χ1) is 10.0. The van der Waals surface area contributed by atoms with Crippen molar-refractivity contribution in [3.63, 3.8) is 0 Å². The van der Waals surface area contributed by atoms with E-state index in [1.54, 1.807) is 15.9 Å². The number of aromatic nitrogens is 1. The van der Waals surface area contributed by atoms with Crippen molar-refractivity contribution in [2.24, 2.45) is 0 Å². The van der Waals surface area contributed by atoms with Crippen molar-refractivity contribution in [3.05, 3.63) is 18.0 Å². The molecule has 0 radical (unpaired) electrons. The number of hydrogen-bond donors (Lipinski definition) is 0. The van der Waals surface area contributed by atoms with Crippen LogP contribution in [0, 0.1) is 0 Å². The second kappa shape index (κ2) is 5.14. The molecule has 2 aliphatic rings.